The molecule has 0 fully saturated rings. The Labute approximate surface area is 99.5 Å². The topological polar surface area (TPSA) is 42.2 Å². The van der Waals surface area contributed by atoms with Crippen LogP contribution in [0.2, 0.25) is 0 Å². The van der Waals surface area contributed by atoms with E-state index < -0.39 is 0 Å². The number of hydrogen-bond donors (Lipinski definition) is 1. The lowest BCUT2D eigenvalue weighted by molar-refractivity contribution is 0.766. The lowest BCUT2D eigenvalue weighted by Crippen LogP contribution is -2.17. The van der Waals surface area contributed by atoms with Crippen molar-refractivity contribution in [3.05, 3.63) is 24.7 Å². The van der Waals surface area contributed by atoms with Crippen LogP contribution in [-0.2, 0) is 0 Å². The van der Waals surface area contributed by atoms with E-state index in [2.05, 4.69) is 28.6 Å². The third-order valence-electron chi connectivity index (χ3n) is 2.46. The number of anilines is 1. The Hall–Kier alpha value is -1.23. The molecule has 0 aliphatic heterocycles. The van der Waals surface area contributed by atoms with E-state index in [0.29, 0.717) is 6.04 Å². The summed E-state index contributed by atoms with van der Waals surface area (Å²) in [5.41, 5.74) is 1.03. The minimum Gasteiger partial charge on any atom is -0.366 e. The molecule has 2 rings (SSSR count). The zero-order valence-electron chi connectivity index (χ0n) is 9.55. The quantitative estimate of drug-likeness (QED) is 0.865. The predicted octanol–water partition coefficient (Wildman–Crippen LogP) is 2.28. The summed E-state index contributed by atoms with van der Waals surface area (Å²) in [5, 5.41) is 7.60. The van der Waals surface area contributed by atoms with E-state index >= 15 is 0 Å². The van der Waals surface area contributed by atoms with E-state index in [-0.39, 0.29) is 0 Å². The Kier molecular flexibility index (Phi) is 3.66. The second kappa shape index (κ2) is 5.21. The van der Waals surface area contributed by atoms with Crippen molar-refractivity contribution in [1.82, 2.24) is 14.6 Å². The molecule has 16 heavy (non-hydrogen) atoms. The van der Waals surface area contributed by atoms with E-state index in [1.54, 1.807) is 12.4 Å². The minimum absolute atomic E-state index is 0.432. The molecular formula is C11H16N4S. The number of nitrogens with one attached hydrogen (secondary N) is 1. The van der Waals surface area contributed by atoms with Crippen molar-refractivity contribution >= 4 is 23.1 Å². The number of nitrogens with zero attached hydrogens (tertiary/aromatic N) is 3. The van der Waals surface area contributed by atoms with Crippen LogP contribution in [0.1, 0.15) is 13.3 Å². The van der Waals surface area contributed by atoms with Crippen LogP contribution in [0, 0.1) is 0 Å². The van der Waals surface area contributed by atoms with Gasteiger partial charge in [0, 0.05) is 18.4 Å². The molecule has 2 heterocycles. The van der Waals surface area contributed by atoms with Gasteiger partial charge in [0.15, 0.2) is 5.82 Å². The molecule has 86 valence electrons. The molecule has 0 amide bonds. The molecule has 0 spiro atoms. The van der Waals surface area contributed by atoms with E-state index in [4.69, 9.17) is 0 Å². The summed E-state index contributed by atoms with van der Waals surface area (Å²) in [6.45, 7) is 2.18. The molecule has 0 saturated carbocycles. The standard InChI is InChI=1S/C11H16N4S/c1-9(4-8-16-2)14-11-10-3-5-13-15(10)7-6-12-11/h3,5-7,9H,4,8H2,1-2H3,(H,12,14). The SMILES string of the molecule is CSCCC(C)Nc1nccn2nccc12. The van der Waals surface area contributed by atoms with Crippen LogP contribution >= 0.6 is 11.8 Å². The van der Waals surface area contributed by atoms with Crippen LogP contribution in [0.5, 0.6) is 0 Å². The average molecular weight is 236 g/mol. The van der Waals surface area contributed by atoms with Crippen LogP contribution in [0.15, 0.2) is 24.7 Å². The first-order chi connectivity index (χ1) is 7.81. The Morgan fingerprint density at radius 2 is 2.38 bits per heavy atom. The molecular weight excluding hydrogens is 220 g/mol. The van der Waals surface area contributed by atoms with Crippen molar-refractivity contribution < 1.29 is 0 Å². The van der Waals surface area contributed by atoms with Crippen LogP contribution < -0.4 is 5.32 Å². The molecule has 0 aliphatic carbocycles. The highest BCUT2D eigenvalue weighted by Crippen LogP contribution is 2.14. The smallest absolute Gasteiger partial charge is 0.152 e. The second-order valence-electron chi connectivity index (χ2n) is 3.76. The average Bonchev–Trinajstić information content (AvgIpc) is 2.75. The van der Waals surface area contributed by atoms with Crippen LogP contribution in [0.4, 0.5) is 5.82 Å². The Morgan fingerprint density at radius 3 is 3.19 bits per heavy atom. The van der Waals surface area contributed by atoms with Gasteiger partial charge in [-0.2, -0.15) is 16.9 Å². The van der Waals surface area contributed by atoms with E-state index in [9.17, 15) is 0 Å². The number of fused-ring (bicyclic) bond motifs is 1. The first-order valence-corrected chi connectivity index (χ1v) is 6.74. The molecule has 0 aromatic carbocycles. The van der Waals surface area contributed by atoms with Gasteiger partial charge in [0.05, 0.1) is 6.20 Å². The zero-order chi connectivity index (χ0) is 11.4. The largest absolute Gasteiger partial charge is 0.366 e. The highest BCUT2D eigenvalue weighted by Gasteiger charge is 2.06. The normalized spacial score (nSPS) is 12.9. The summed E-state index contributed by atoms with van der Waals surface area (Å²) in [6, 6.07) is 2.40. The molecule has 0 bridgehead atoms. The van der Waals surface area contributed by atoms with Crippen LogP contribution in [0.3, 0.4) is 0 Å². The summed E-state index contributed by atoms with van der Waals surface area (Å²) in [6.07, 6.45) is 8.67. The molecule has 2 aromatic rings. The van der Waals surface area contributed by atoms with Gasteiger partial charge in [0.2, 0.25) is 0 Å². The van der Waals surface area contributed by atoms with Crippen LogP contribution in [0.25, 0.3) is 5.52 Å². The van der Waals surface area contributed by atoms with Gasteiger partial charge in [-0.3, -0.25) is 0 Å². The highest BCUT2D eigenvalue weighted by atomic mass is 32.2. The maximum absolute atomic E-state index is 4.35. The first-order valence-electron chi connectivity index (χ1n) is 5.35. The predicted molar refractivity (Wildman–Crippen MR) is 69.1 cm³/mol. The minimum atomic E-state index is 0.432. The van der Waals surface area contributed by atoms with Gasteiger partial charge in [-0.1, -0.05) is 0 Å². The van der Waals surface area contributed by atoms with Crippen molar-refractivity contribution in [2.45, 2.75) is 19.4 Å². The third kappa shape index (κ3) is 2.47. The van der Waals surface area contributed by atoms with Crippen molar-refractivity contribution in [2.75, 3.05) is 17.3 Å². The van der Waals surface area contributed by atoms with Gasteiger partial charge in [-0.05, 0) is 31.4 Å². The number of rotatable bonds is 5. The van der Waals surface area contributed by atoms with Gasteiger partial charge in [0.25, 0.3) is 0 Å². The molecule has 2 aromatic heterocycles. The lowest BCUT2D eigenvalue weighted by Gasteiger charge is -2.14. The van der Waals surface area contributed by atoms with E-state index in [1.165, 1.54) is 0 Å². The number of hydrogen-bond acceptors (Lipinski definition) is 4. The fraction of sp³-hybridized carbons (Fsp3) is 0.455. The second-order valence-corrected chi connectivity index (χ2v) is 4.75. The van der Waals surface area contributed by atoms with E-state index in [1.807, 2.05) is 28.5 Å². The molecule has 1 unspecified atom stereocenters. The monoisotopic (exact) mass is 236 g/mol. The van der Waals surface area contributed by atoms with Gasteiger partial charge in [0.1, 0.15) is 5.52 Å². The third-order valence-corrected chi connectivity index (χ3v) is 3.11. The molecule has 5 heteroatoms. The number of aromatic nitrogens is 3. The zero-order valence-corrected chi connectivity index (χ0v) is 10.4. The Bertz CT molecular complexity index is 454. The molecule has 0 saturated heterocycles. The summed E-state index contributed by atoms with van der Waals surface area (Å²) in [7, 11) is 0. The lowest BCUT2D eigenvalue weighted by atomic mass is 10.2. The van der Waals surface area contributed by atoms with Gasteiger partial charge in [-0.25, -0.2) is 9.50 Å². The van der Waals surface area contributed by atoms with Crippen molar-refractivity contribution in [3.8, 4) is 0 Å². The van der Waals surface area contributed by atoms with Crippen molar-refractivity contribution in [3.63, 3.8) is 0 Å². The molecule has 4 nitrogen and oxygen atoms in total. The summed E-state index contributed by atoms with van der Waals surface area (Å²) < 4.78 is 1.83. The fourth-order valence-corrected chi connectivity index (χ4v) is 2.16. The van der Waals surface area contributed by atoms with Crippen molar-refractivity contribution in [1.29, 1.82) is 0 Å². The molecule has 0 aliphatic rings. The maximum atomic E-state index is 4.35. The van der Waals surface area contributed by atoms with Gasteiger partial charge < -0.3 is 5.32 Å². The molecule has 1 atom stereocenters. The van der Waals surface area contributed by atoms with Crippen molar-refractivity contribution in [2.24, 2.45) is 0 Å². The maximum Gasteiger partial charge on any atom is 0.152 e. The summed E-state index contributed by atoms with van der Waals surface area (Å²) in [5.74, 6) is 2.07. The van der Waals surface area contributed by atoms with E-state index in [0.717, 1.165) is 23.5 Å². The fourth-order valence-electron chi connectivity index (χ4n) is 1.57. The summed E-state index contributed by atoms with van der Waals surface area (Å²) >= 11 is 1.87. The highest BCUT2D eigenvalue weighted by molar-refractivity contribution is 7.98. The molecule has 0 radical (unpaired) electrons. The van der Waals surface area contributed by atoms with Gasteiger partial charge >= 0.3 is 0 Å². The Balaban J connectivity index is 2.11. The number of thioether (sulfide) groups is 1. The van der Waals surface area contributed by atoms with Crippen LogP contribution in [-0.4, -0.2) is 32.6 Å². The van der Waals surface area contributed by atoms with Gasteiger partial charge in [-0.15, -0.1) is 0 Å². The first kappa shape index (κ1) is 11.3. The Morgan fingerprint density at radius 1 is 1.50 bits per heavy atom. The summed E-state index contributed by atoms with van der Waals surface area (Å²) in [4.78, 5) is 4.35. The molecule has 1 N–H and O–H groups in total.